The molecule has 0 fully saturated rings. The highest BCUT2D eigenvalue weighted by Gasteiger charge is 1.94. The summed E-state index contributed by atoms with van der Waals surface area (Å²) in [4.78, 5) is 12.3. The van der Waals surface area contributed by atoms with Crippen molar-refractivity contribution in [2.75, 3.05) is 6.54 Å². The Labute approximate surface area is 83.5 Å². The highest BCUT2D eigenvalue weighted by atomic mass is 15.1. The summed E-state index contributed by atoms with van der Waals surface area (Å²) >= 11 is 0. The summed E-state index contributed by atoms with van der Waals surface area (Å²) < 4.78 is 0. The molecule has 1 aromatic heterocycles. The first-order valence-corrected chi connectivity index (χ1v) is 4.54. The van der Waals surface area contributed by atoms with E-state index in [9.17, 15) is 0 Å². The molecule has 0 unspecified atom stereocenters. The van der Waals surface area contributed by atoms with Crippen LogP contribution < -0.4 is 11.1 Å². The molecule has 14 heavy (non-hydrogen) atoms. The van der Waals surface area contributed by atoms with Crippen LogP contribution in [-0.2, 0) is 6.54 Å². The summed E-state index contributed by atoms with van der Waals surface area (Å²) in [5, 5.41) is 2.91. The Morgan fingerprint density at radius 3 is 3.07 bits per heavy atom. The molecule has 0 aliphatic heterocycles. The zero-order valence-electron chi connectivity index (χ0n) is 8.49. The van der Waals surface area contributed by atoms with Gasteiger partial charge in [-0.1, -0.05) is 0 Å². The monoisotopic (exact) mass is 193 g/mol. The van der Waals surface area contributed by atoms with Crippen LogP contribution in [0.4, 0.5) is 0 Å². The fraction of sp³-hybridized carbons (Fsp3) is 0.444. The molecule has 0 saturated heterocycles. The Bertz CT molecular complexity index is 321. The third-order valence-corrected chi connectivity index (χ3v) is 1.60. The number of aromatic nitrogens is 2. The zero-order valence-corrected chi connectivity index (χ0v) is 8.49. The predicted molar refractivity (Wildman–Crippen MR) is 55.8 cm³/mol. The molecule has 0 amide bonds. The molecule has 0 aliphatic rings. The van der Waals surface area contributed by atoms with E-state index in [2.05, 4.69) is 20.3 Å². The SMILES string of the molecule is CCNC(N)=NCc1ccnc(C)n1. The zero-order chi connectivity index (χ0) is 10.4. The van der Waals surface area contributed by atoms with Crippen molar-refractivity contribution in [1.82, 2.24) is 15.3 Å². The Morgan fingerprint density at radius 2 is 2.43 bits per heavy atom. The number of guanidine groups is 1. The molecule has 0 aliphatic carbocycles. The number of nitrogens with zero attached hydrogens (tertiary/aromatic N) is 3. The fourth-order valence-electron chi connectivity index (χ4n) is 0.996. The predicted octanol–water partition coefficient (Wildman–Crippen LogP) is 0.209. The highest BCUT2D eigenvalue weighted by molar-refractivity contribution is 5.77. The lowest BCUT2D eigenvalue weighted by Gasteiger charge is -2.01. The van der Waals surface area contributed by atoms with Gasteiger partial charge >= 0.3 is 0 Å². The maximum absolute atomic E-state index is 5.57. The van der Waals surface area contributed by atoms with E-state index < -0.39 is 0 Å². The van der Waals surface area contributed by atoms with E-state index >= 15 is 0 Å². The minimum atomic E-state index is 0.448. The second-order valence-electron chi connectivity index (χ2n) is 2.83. The van der Waals surface area contributed by atoms with Gasteiger partial charge < -0.3 is 11.1 Å². The van der Waals surface area contributed by atoms with Crippen molar-refractivity contribution in [2.24, 2.45) is 10.7 Å². The van der Waals surface area contributed by atoms with Crippen LogP contribution in [0.15, 0.2) is 17.3 Å². The Morgan fingerprint density at radius 1 is 1.64 bits per heavy atom. The highest BCUT2D eigenvalue weighted by Crippen LogP contribution is 1.96. The van der Waals surface area contributed by atoms with Crippen LogP contribution in [0.5, 0.6) is 0 Å². The van der Waals surface area contributed by atoms with E-state index in [1.807, 2.05) is 19.9 Å². The number of hydrogen-bond donors (Lipinski definition) is 2. The van der Waals surface area contributed by atoms with Crippen molar-refractivity contribution in [1.29, 1.82) is 0 Å². The average molecular weight is 193 g/mol. The van der Waals surface area contributed by atoms with Gasteiger partial charge in [-0.15, -0.1) is 0 Å². The molecule has 0 bridgehead atoms. The lowest BCUT2D eigenvalue weighted by molar-refractivity contribution is 0.891. The molecule has 0 saturated carbocycles. The van der Waals surface area contributed by atoms with Gasteiger partial charge in [0.15, 0.2) is 5.96 Å². The maximum atomic E-state index is 5.57. The second kappa shape index (κ2) is 5.16. The molecule has 0 spiro atoms. The summed E-state index contributed by atoms with van der Waals surface area (Å²) in [5.74, 6) is 1.20. The number of nitrogens with one attached hydrogen (secondary N) is 1. The third-order valence-electron chi connectivity index (χ3n) is 1.60. The fourth-order valence-corrected chi connectivity index (χ4v) is 0.996. The van der Waals surface area contributed by atoms with Crippen LogP contribution in [0.1, 0.15) is 18.4 Å². The van der Waals surface area contributed by atoms with Gasteiger partial charge in [-0.25, -0.2) is 15.0 Å². The lowest BCUT2D eigenvalue weighted by Crippen LogP contribution is -2.31. The first kappa shape index (κ1) is 10.4. The van der Waals surface area contributed by atoms with Gasteiger partial charge in [-0.05, 0) is 19.9 Å². The molecular weight excluding hydrogens is 178 g/mol. The molecule has 3 N–H and O–H groups in total. The van der Waals surface area contributed by atoms with Gasteiger partial charge in [0, 0.05) is 12.7 Å². The molecule has 5 nitrogen and oxygen atoms in total. The smallest absolute Gasteiger partial charge is 0.188 e. The summed E-state index contributed by atoms with van der Waals surface area (Å²) in [7, 11) is 0. The molecular formula is C9H15N5. The number of hydrogen-bond acceptors (Lipinski definition) is 3. The van der Waals surface area contributed by atoms with Crippen molar-refractivity contribution in [3.8, 4) is 0 Å². The molecule has 0 atom stereocenters. The van der Waals surface area contributed by atoms with E-state index in [1.165, 1.54) is 0 Å². The topological polar surface area (TPSA) is 76.2 Å². The van der Waals surface area contributed by atoms with Gasteiger partial charge in [0.1, 0.15) is 5.82 Å². The molecule has 1 rings (SSSR count). The lowest BCUT2D eigenvalue weighted by atomic mass is 10.4. The Balaban J connectivity index is 2.57. The number of aliphatic imine (C=N–C) groups is 1. The first-order valence-electron chi connectivity index (χ1n) is 4.54. The van der Waals surface area contributed by atoms with Crippen molar-refractivity contribution < 1.29 is 0 Å². The Kier molecular flexibility index (Phi) is 3.84. The molecule has 5 heteroatoms. The van der Waals surface area contributed by atoms with Gasteiger partial charge in [0.25, 0.3) is 0 Å². The van der Waals surface area contributed by atoms with E-state index in [4.69, 9.17) is 5.73 Å². The van der Waals surface area contributed by atoms with E-state index in [0.717, 1.165) is 18.1 Å². The molecule has 0 aromatic carbocycles. The standard InChI is InChI=1S/C9H15N5/c1-3-11-9(10)13-6-8-4-5-12-7(2)14-8/h4-5H,3,6H2,1-2H3,(H3,10,11,13). The van der Waals surface area contributed by atoms with Crippen LogP contribution >= 0.6 is 0 Å². The van der Waals surface area contributed by atoms with Crippen molar-refractivity contribution in [3.63, 3.8) is 0 Å². The van der Waals surface area contributed by atoms with Crippen molar-refractivity contribution >= 4 is 5.96 Å². The van der Waals surface area contributed by atoms with Gasteiger partial charge in [0.2, 0.25) is 0 Å². The molecule has 1 aromatic rings. The largest absolute Gasteiger partial charge is 0.370 e. The summed E-state index contributed by atoms with van der Waals surface area (Å²) in [5.41, 5.74) is 6.44. The summed E-state index contributed by atoms with van der Waals surface area (Å²) in [6.45, 7) is 5.08. The quantitative estimate of drug-likeness (QED) is 0.531. The number of nitrogens with two attached hydrogens (primary N) is 1. The van der Waals surface area contributed by atoms with E-state index in [-0.39, 0.29) is 0 Å². The van der Waals surface area contributed by atoms with Crippen LogP contribution in [0.25, 0.3) is 0 Å². The summed E-state index contributed by atoms with van der Waals surface area (Å²) in [6.07, 6.45) is 1.72. The Hall–Kier alpha value is -1.65. The molecule has 76 valence electrons. The van der Waals surface area contributed by atoms with Crippen LogP contribution in [-0.4, -0.2) is 22.5 Å². The van der Waals surface area contributed by atoms with E-state index in [0.29, 0.717) is 12.5 Å². The van der Waals surface area contributed by atoms with Crippen LogP contribution in [0.3, 0.4) is 0 Å². The van der Waals surface area contributed by atoms with Gasteiger partial charge in [-0.2, -0.15) is 0 Å². The van der Waals surface area contributed by atoms with Crippen LogP contribution in [0, 0.1) is 6.92 Å². The minimum Gasteiger partial charge on any atom is -0.370 e. The number of rotatable bonds is 3. The first-order chi connectivity index (χ1) is 6.72. The number of aryl methyl sites for hydroxylation is 1. The normalized spacial score (nSPS) is 11.4. The molecule has 1 heterocycles. The van der Waals surface area contributed by atoms with Gasteiger partial charge in [-0.3, -0.25) is 0 Å². The second-order valence-corrected chi connectivity index (χ2v) is 2.83. The maximum Gasteiger partial charge on any atom is 0.188 e. The summed E-state index contributed by atoms with van der Waals surface area (Å²) in [6, 6.07) is 1.83. The van der Waals surface area contributed by atoms with Crippen molar-refractivity contribution in [2.45, 2.75) is 20.4 Å². The average Bonchev–Trinajstić information content (AvgIpc) is 2.15. The van der Waals surface area contributed by atoms with Crippen LogP contribution in [0.2, 0.25) is 0 Å². The van der Waals surface area contributed by atoms with Gasteiger partial charge in [0.05, 0.1) is 12.2 Å². The third kappa shape index (κ3) is 3.38. The van der Waals surface area contributed by atoms with Crippen molar-refractivity contribution in [3.05, 3.63) is 23.8 Å². The van der Waals surface area contributed by atoms with E-state index in [1.54, 1.807) is 6.20 Å². The molecule has 0 radical (unpaired) electrons. The minimum absolute atomic E-state index is 0.448.